The quantitative estimate of drug-likeness (QED) is 0.795. The number of carbonyl (C=O) groups is 2. The molecule has 0 fully saturated rings. The number of nitrogens with one attached hydrogen (secondary N) is 2. The predicted octanol–water partition coefficient (Wildman–Crippen LogP) is 4.65. The maximum Gasteiger partial charge on any atom is 0.314 e. The molecule has 2 aromatic rings. The Labute approximate surface area is 147 Å². The van der Waals surface area contributed by atoms with E-state index in [9.17, 15) is 14.0 Å². The van der Waals surface area contributed by atoms with Gasteiger partial charge in [-0.05, 0) is 35.1 Å². The summed E-state index contributed by atoms with van der Waals surface area (Å²) in [5.41, 5.74) is 2.54. The monoisotopic (exact) mass is 342 g/mol. The highest BCUT2D eigenvalue weighted by atomic mass is 19.1. The third-order valence-corrected chi connectivity index (χ3v) is 3.94. The molecule has 5 heteroatoms. The molecule has 0 aliphatic carbocycles. The Balaban J connectivity index is 2.25. The molecule has 0 aliphatic heterocycles. The number of amides is 2. The fourth-order valence-electron chi connectivity index (χ4n) is 2.61. The van der Waals surface area contributed by atoms with E-state index in [1.807, 2.05) is 45.9 Å². The van der Waals surface area contributed by atoms with E-state index in [0.717, 1.165) is 11.1 Å². The number of hydrogen-bond acceptors (Lipinski definition) is 2. The Morgan fingerprint density at radius 1 is 0.800 bits per heavy atom. The molecule has 2 amide bonds. The number of benzene rings is 2. The van der Waals surface area contributed by atoms with E-state index >= 15 is 0 Å². The normalized spacial score (nSPS) is 10.8. The lowest BCUT2D eigenvalue weighted by molar-refractivity contribution is -0.133. The molecular weight excluding hydrogens is 319 g/mol. The van der Waals surface area contributed by atoms with Crippen molar-refractivity contribution in [2.75, 3.05) is 10.6 Å². The molecule has 0 bridgehead atoms. The van der Waals surface area contributed by atoms with Crippen molar-refractivity contribution in [2.45, 2.75) is 39.5 Å². The fourth-order valence-corrected chi connectivity index (χ4v) is 2.61. The van der Waals surface area contributed by atoms with E-state index in [0.29, 0.717) is 5.69 Å². The van der Waals surface area contributed by atoms with Crippen LogP contribution in [-0.4, -0.2) is 11.8 Å². The summed E-state index contributed by atoms with van der Waals surface area (Å²) in [6, 6.07) is 11.5. The second kappa shape index (κ2) is 7.92. The third-order valence-electron chi connectivity index (χ3n) is 3.94. The molecule has 25 heavy (non-hydrogen) atoms. The zero-order chi connectivity index (χ0) is 18.6. The van der Waals surface area contributed by atoms with E-state index in [1.165, 1.54) is 18.2 Å². The van der Waals surface area contributed by atoms with Gasteiger partial charge >= 0.3 is 11.8 Å². The number of carbonyl (C=O) groups excluding carboxylic acids is 2. The van der Waals surface area contributed by atoms with Gasteiger partial charge in [0.15, 0.2) is 0 Å². The lowest BCUT2D eigenvalue weighted by atomic mass is 9.92. The summed E-state index contributed by atoms with van der Waals surface area (Å²) < 4.78 is 13.6. The molecule has 0 heterocycles. The number of para-hydroxylation sites is 2. The number of anilines is 2. The first-order valence-corrected chi connectivity index (χ1v) is 8.31. The molecule has 2 rings (SSSR count). The van der Waals surface area contributed by atoms with Crippen molar-refractivity contribution in [1.29, 1.82) is 0 Å². The fraction of sp³-hybridized carbons (Fsp3) is 0.300. The molecule has 132 valence electrons. The van der Waals surface area contributed by atoms with Crippen LogP contribution in [0.1, 0.15) is 50.7 Å². The summed E-state index contributed by atoms with van der Waals surface area (Å²) in [4.78, 5) is 24.5. The lowest BCUT2D eigenvalue weighted by Gasteiger charge is -2.20. The topological polar surface area (TPSA) is 58.2 Å². The summed E-state index contributed by atoms with van der Waals surface area (Å²) in [6.45, 7) is 8.09. The van der Waals surface area contributed by atoms with Crippen LogP contribution in [0.25, 0.3) is 0 Å². The summed E-state index contributed by atoms with van der Waals surface area (Å²) >= 11 is 0. The van der Waals surface area contributed by atoms with Crippen LogP contribution in [0.4, 0.5) is 15.8 Å². The lowest BCUT2D eigenvalue weighted by Crippen LogP contribution is -2.30. The highest BCUT2D eigenvalue weighted by Gasteiger charge is 2.20. The van der Waals surface area contributed by atoms with Gasteiger partial charge < -0.3 is 10.6 Å². The molecule has 4 nitrogen and oxygen atoms in total. The molecule has 0 aromatic heterocycles. The second-order valence-electron chi connectivity index (χ2n) is 6.51. The van der Waals surface area contributed by atoms with Crippen molar-refractivity contribution < 1.29 is 14.0 Å². The van der Waals surface area contributed by atoms with E-state index in [1.54, 1.807) is 6.07 Å². The maximum absolute atomic E-state index is 13.6. The molecule has 2 N–H and O–H groups in total. The second-order valence-corrected chi connectivity index (χ2v) is 6.51. The number of hydrogen-bond donors (Lipinski definition) is 2. The molecule has 2 aromatic carbocycles. The first kappa shape index (κ1) is 18.6. The van der Waals surface area contributed by atoms with Crippen molar-refractivity contribution in [3.05, 3.63) is 59.4 Å². The Morgan fingerprint density at radius 3 is 1.84 bits per heavy atom. The Bertz CT molecular complexity index is 759. The summed E-state index contributed by atoms with van der Waals surface area (Å²) in [5.74, 6) is -1.95. The van der Waals surface area contributed by atoms with Gasteiger partial charge in [0.1, 0.15) is 5.82 Å². The van der Waals surface area contributed by atoms with Gasteiger partial charge in [-0.25, -0.2) is 4.39 Å². The zero-order valence-corrected chi connectivity index (χ0v) is 14.9. The molecule has 0 atom stereocenters. The van der Waals surface area contributed by atoms with E-state index in [-0.39, 0.29) is 17.5 Å². The van der Waals surface area contributed by atoms with E-state index in [2.05, 4.69) is 10.6 Å². The minimum atomic E-state index is -0.904. The third kappa shape index (κ3) is 4.44. The van der Waals surface area contributed by atoms with E-state index in [4.69, 9.17) is 0 Å². The molecule has 0 saturated carbocycles. The van der Waals surface area contributed by atoms with Crippen LogP contribution in [0, 0.1) is 5.82 Å². The Hall–Kier alpha value is -2.69. The van der Waals surface area contributed by atoms with Crippen LogP contribution >= 0.6 is 0 Å². The summed E-state index contributed by atoms with van der Waals surface area (Å²) in [5, 5.41) is 5.01. The van der Waals surface area contributed by atoms with Gasteiger partial charge in [0.25, 0.3) is 0 Å². The van der Waals surface area contributed by atoms with Gasteiger partial charge in [-0.15, -0.1) is 0 Å². The van der Waals surface area contributed by atoms with Crippen molar-refractivity contribution in [2.24, 2.45) is 0 Å². The zero-order valence-electron chi connectivity index (χ0n) is 14.9. The summed E-state index contributed by atoms with van der Waals surface area (Å²) in [6.07, 6.45) is 0. The van der Waals surface area contributed by atoms with Gasteiger partial charge in [0, 0.05) is 5.69 Å². The minimum Gasteiger partial charge on any atom is -0.317 e. The number of halogens is 1. The van der Waals surface area contributed by atoms with Gasteiger partial charge in [-0.1, -0.05) is 58.0 Å². The first-order valence-electron chi connectivity index (χ1n) is 8.31. The van der Waals surface area contributed by atoms with Gasteiger partial charge in [-0.3, -0.25) is 9.59 Å². The van der Waals surface area contributed by atoms with Crippen LogP contribution in [0.3, 0.4) is 0 Å². The van der Waals surface area contributed by atoms with Crippen LogP contribution in [0.15, 0.2) is 42.5 Å². The SMILES string of the molecule is CC(C)c1cccc(C(C)C)c1NC(=O)C(=O)Nc1ccccc1F. The largest absolute Gasteiger partial charge is 0.317 e. The first-order chi connectivity index (χ1) is 11.8. The molecule has 0 aliphatic rings. The van der Waals surface area contributed by atoms with Crippen molar-refractivity contribution in [1.82, 2.24) is 0 Å². The predicted molar refractivity (Wildman–Crippen MR) is 98.3 cm³/mol. The average molecular weight is 342 g/mol. The van der Waals surface area contributed by atoms with Gasteiger partial charge in [0.05, 0.1) is 5.69 Å². The average Bonchev–Trinajstić information content (AvgIpc) is 2.56. The molecule has 0 spiro atoms. The highest BCUT2D eigenvalue weighted by molar-refractivity contribution is 6.43. The maximum atomic E-state index is 13.6. The van der Waals surface area contributed by atoms with Crippen LogP contribution in [0.5, 0.6) is 0 Å². The van der Waals surface area contributed by atoms with Crippen molar-refractivity contribution in [3.8, 4) is 0 Å². The van der Waals surface area contributed by atoms with Crippen LogP contribution < -0.4 is 10.6 Å². The molecule has 0 unspecified atom stereocenters. The van der Waals surface area contributed by atoms with Crippen molar-refractivity contribution >= 4 is 23.2 Å². The number of rotatable bonds is 4. The van der Waals surface area contributed by atoms with Crippen molar-refractivity contribution in [3.63, 3.8) is 0 Å². The van der Waals surface area contributed by atoms with Crippen LogP contribution in [-0.2, 0) is 9.59 Å². The molecule has 0 saturated heterocycles. The Morgan fingerprint density at radius 2 is 1.32 bits per heavy atom. The van der Waals surface area contributed by atoms with Crippen LogP contribution in [0.2, 0.25) is 0 Å². The van der Waals surface area contributed by atoms with Gasteiger partial charge in [-0.2, -0.15) is 0 Å². The molecular formula is C20H23FN2O2. The van der Waals surface area contributed by atoms with E-state index < -0.39 is 17.6 Å². The minimum absolute atomic E-state index is 0.0242. The van der Waals surface area contributed by atoms with Gasteiger partial charge in [0.2, 0.25) is 0 Å². The Kier molecular flexibility index (Phi) is 5.91. The summed E-state index contributed by atoms with van der Waals surface area (Å²) in [7, 11) is 0. The molecule has 0 radical (unpaired) electrons. The smallest absolute Gasteiger partial charge is 0.314 e. The standard InChI is InChI=1S/C20H23FN2O2/c1-12(2)14-8-7-9-15(13(3)4)18(14)23-20(25)19(24)22-17-11-6-5-10-16(17)21/h5-13H,1-4H3,(H,22,24)(H,23,25). The highest BCUT2D eigenvalue weighted by Crippen LogP contribution is 2.32.